The van der Waals surface area contributed by atoms with Crippen LogP contribution in [-0.2, 0) is 4.79 Å². The maximum atomic E-state index is 12.1. The molecule has 0 saturated heterocycles. The van der Waals surface area contributed by atoms with E-state index in [0.717, 1.165) is 0 Å². The Labute approximate surface area is 119 Å². The number of rotatable bonds is 4. The van der Waals surface area contributed by atoms with Crippen LogP contribution >= 0.6 is 11.6 Å². The maximum absolute atomic E-state index is 12.1. The fourth-order valence-corrected chi connectivity index (χ4v) is 1.77. The molecule has 1 atom stereocenters. The average molecular weight is 295 g/mol. The minimum atomic E-state index is -0.637. The van der Waals surface area contributed by atoms with Crippen LogP contribution in [0.15, 0.2) is 36.7 Å². The SMILES string of the molecule is CC(C(=O)Nc1ccccc1[N+](=O)[O-])n1cc(Cl)cn1. The van der Waals surface area contributed by atoms with Gasteiger partial charge in [-0.05, 0) is 13.0 Å². The molecular weight excluding hydrogens is 284 g/mol. The number of aromatic nitrogens is 2. The van der Waals surface area contributed by atoms with Crippen molar-refractivity contribution in [2.75, 3.05) is 5.32 Å². The number of hydrogen-bond donors (Lipinski definition) is 1. The summed E-state index contributed by atoms with van der Waals surface area (Å²) in [6, 6.07) is 5.30. The lowest BCUT2D eigenvalue weighted by Gasteiger charge is -2.12. The third-order valence-corrected chi connectivity index (χ3v) is 2.90. The van der Waals surface area contributed by atoms with Gasteiger partial charge in [0.25, 0.3) is 5.69 Å². The van der Waals surface area contributed by atoms with E-state index in [4.69, 9.17) is 11.6 Å². The highest BCUT2D eigenvalue weighted by atomic mass is 35.5. The van der Waals surface area contributed by atoms with Crippen molar-refractivity contribution in [3.8, 4) is 0 Å². The Morgan fingerprint density at radius 3 is 2.80 bits per heavy atom. The fraction of sp³-hybridized carbons (Fsp3) is 0.167. The van der Waals surface area contributed by atoms with Crippen LogP contribution in [0.4, 0.5) is 11.4 Å². The van der Waals surface area contributed by atoms with Gasteiger partial charge in [0.2, 0.25) is 5.91 Å². The number of amides is 1. The summed E-state index contributed by atoms with van der Waals surface area (Å²) < 4.78 is 1.38. The van der Waals surface area contributed by atoms with Gasteiger partial charge < -0.3 is 5.32 Å². The molecule has 1 heterocycles. The smallest absolute Gasteiger partial charge is 0.292 e. The van der Waals surface area contributed by atoms with E-state index in [1.807, 2.05) is 0 Å². The van der Waals surface area contributed by atoms with E-state index < -0.39 is 16.9 Å². The molecule has 1 unspecified atom stereocenters. The second-order valence-electron chi connectivity index (χ2n) is 4.08. The van der Waals surface area contributed by atoms with Crippen molar-refractivity contribution in [2.24, 2.45) is 0 Å². The molecular formula is C12H11ClN4O3. The predicted molar refractivity (Wildman–Crippen MR) is 73.7 cm³/mol. The summed E-state index contributed by atoms with van der Waals surface area (Å²) in [5.74, 6) is -0.418. The molecule has 0 aliphatic carbocycles. The summed E-state index contributed by atoms with van der Waals surface area (Å²) in [5.41, 5.74) is -0.0147. The van der Waals surface area contributed by atoms with Crippen molar-refractivity contribution in [1.82, 2.24) is 9.78 Å². The Morgan fingerprint density at radius 1 is 1.50 bits per heavy atom. The largest absolute Gasteiger partial charge is 0.319 e. The zero-order valence-corrected chi connectivity index (χ0v) is 11.2. The highest BCUT2D eigenvalue weighted by Crippen LogP contribution is 2.24. The maximum Gasteiger partial charge on any atom is 0.292 e. The first-order valence-electron chi connectivity index (χ1n) is 5.73. The van der Waals surface area contributed by atoms with Gasteiger partial charge in [-0.15, -0.1) is 0 Å². The second-order valence-corrected chi connectivity index (χ2v) is 4.51. The van der Waals surface area contributed by atoms with E-state index in [-0.39, 0.29) is 11.4 Å². The van der Waals surface area contributed by atoms with Gasteiger partial charge in [0.15, 0.2) is 0 Å². The lowest BCUT2D eigenvalue weighted by molar-refractivity contribution is -0.383. The Balaban J connectivity index is 2.18. The van der Waals surface area contributed by atoms with Crippen LogP contribution in [0.3, 0.4) is 0 Å². The molecule has 2 aromatic rings. The first kappa shape index (κ1) is 14.0. The molecule has 0 aliphatic rings. The number of anilines is 1. The molecule has 0 fully saturated rings. The van der Waals surface area contributed by atoms with Crippen LogP contribution in [0, 0.1) is 10.1 Å². The van der Waals surface area contributed by atoms with Crippen molar-refractivity contribution < 1.29 is 9.72 Å². The number of carbonyl (C=O) groups is 1. The van der Waals surface area contributed by atoms with Crippen molar-refractivity contribution >= 4 is 28.9 Å². The zero-order valence-electron chi connectivity index (χ0n) is 10.5. The molecule has 1 amide bonds. The Morgan fingerprint density at radius 2 is 2.20 bits per heavy atom. The molecule has 1 aromatic heterocycles. The molecule has 0 radical (unpaired) electrons. The van der Waals surface area contributed by atoms with Gasteiger partial charge in [-0.25, -0.2) is 0 Å². The molecule has 1 aromatic carbocycles. The number of hydrogen-bond acceptors (Lipinski definition) is 4. The van der Waals surface area contributed by atoms with Gasteiger partial charge in [0.05, 0.1) is 16.1 Å². The quantitative estimate of drug-likeness (QED) is 0.693. The number of benzene rings is 1. The second kappa shape index (κ2) is 5.70. The summed E-state index contributed by atoms with van der Waals surface area (Å²) in [6.07, 6.45) is 2.92. The first-order valence-corrected chi connectivity index (χ1v) is 6.11. The number of para-hydroxylation sites is 2. The minimum Gasteiger partial charge on any atom is -0.319 e. The Bertz CT molecular complexity index is 656. The van der Waals surface area contributed by atoms with Crippen LogP contribution < -0.4 is 5.32 Å². The third kappa shape index (κ3) is 2.94. The van der Waals surface area contributed by atoms with Crippen molar-refractivity contribution in [3.63, 3.8) is 0 Å². The lowest BCUT2D eigenvalue weighted by atomic mass is 10.2. The molecule has 20 heavy (non-hydrogen) atoms. The highest BCUT2D eigenvalue weighted by molar-refractivity contribution is 6.30. The van der Waals surface area contributed by atoms with Gasteiger partial charge in [-0.1, -0.05) is 23.7 Å². The zero-order chi connectivity index (χ0) is 14.7. The van der Waals surface area contributed by atoms with Gasteiger partial charge in [0.1, 0.15) is 11.7 Å². The molecule has 8 heteroatoms. The molecule has 1 N–H and O–H groups in total. The third-order valence-electron chi connectivity index (χ3n) is 2.70. The summed E-state index contributed by atoms with van der Waals surface area (Å²) in [5, 5.41) is 17.7. The minimum absolute atomic E-state index is 0.146. The Hall–Kier alpha value is -2.41. The summed E-state index contributed by atoms with van der Waals surface area (Å²) in [6.45, 7) is 1.62. The molecule has 0 bridgehead atoms. The molecule has 7 nitrogen and oxygen atoms in total. The number of nitro benzene ring substituents is 1. The van der Waals surface area contributed by atoms with E-state index in [2.05, 4.69) is 10.4 Å². The molecule has 104 valence electrons. The van der Waals surface area contributed by atoms with E-state index in [1.165, 1.54) is 35.3 Å². The molecule has 0 saturated carbocycles. The molecule has 0 aliphatic heterocycles. The van der Waals surface area contributed by atoms with Crippen LogP contribution in [-0.4, -0.2) is 20.6 Å². The summed E-state index contributed by atoms with van der Waals surface area (Å²) in [4.78, 5) is 22.4. The number of nitrogens with zero attached hydrogens (tertiary/aromatic N) is 3. The van der Waals surface area contributed by atoms with Crippen LogP contribution in [0.2, 0.25) is 5.02 Å². The van der Waals surface area contributed by atoms with Gasteiger partial charge >= 0.3 is 0 Å². The fourth-order valence-electron chi connectivity index (χ4n) is 1.62. The highest BCUT2D eigenvalue weighted by Gasteiger charge is 2.20. The predicted octanol–water partition coefficient (Wildman–Crippen LogP) is 2.64. The van der Waals surface area contributed by atoms with Gasteiger partial charge in [-0.2, -0.15) is 5.10 Å². The monoisotopic (exact) mass is 294 g/mol. The van der Waals surface area contributed by atoms with E-state index in [0.29, 0.717) is 5.02 Å². The topological polar surface area (TPSA) is 90.1 Å². The number of nitro groups is 1. The number of carbonyl (C=O) groups excluding carboxylic acids is 1. The van der Waals surface area contributed by atoms with Crippen LogP contribution in [0.1, 0.15) is 13.0 Å². The molecule has 0 spiro atoms. The number of halogens is 1. The van der Waals surface area contributed by atoms with Gasteiger partial charge in [-0.3, -0.25) is 19.6 Å². The molecule has 2 rings (SSSR count). The van der Waals surface area contributed by atoms with E-state index >= 15 is 0 Å². The van der Waals surface area contributed by atoms with E-state index in [9.17, 15) is 14.9 Å². The summed E-state index contributed by atoms with van der Waals surface area (Å²) >= 11 is 5.73. The van der Waals surface area contributed by atoms with E-state index in [1.54, 1.807) is 13.0 Å². The van der Waals surface area contributed by atoms with Crippen molar-refractivity contribution in [3.05, 3.63) is 51.8 Å². The van der Waals surface area contributed by atoms with Crippen LogP contribution in [0.25, 0.3) is 0 Å². The normalized spacial score (nSPS) is 11.9. The summed E-state index contributed by atoms with van der Waals surface area (Å²) in [7, 11) is 0. The van der Waals surface area contributed by atoms with Crippen LogP contribution in [0.5, 0.6) is 0 Å². The first-order chi connectivity index (χ1) is 9.49. The Kier molecular flexibility index (Phi) is 3.99. The van der Waals surface area contributed by atoms with Crippen molar-refractivity contribution in [2.45, 2.75) is 13.0 Å². The van der Waals surface area contributed by atoms with Crippen molar-refractivity contribution in [1.29, 1.82) is 0 Å². The lowest BCUT2D eigenvalue weighted by Crippen LogP contribution is -2.24. The average Bonchev–Trinajstić information content (AvgIpc) is 2.84. The standard InChI is InChI=1S/C12H11ClN4O3/c1-8(16-7-9(13)6-14-16)12(18)15-10-4-2-3-5-11(10)17(19)20/h2-8H,1H3,(H,15,18). The number of nitrogens with one attached hydrogen (secondary N) is 1. The van der Waals surface area contributed by atoms with Gasteiger partial charge in [0, 0.05) is 12.3 Å².